The fourth-order valence-electron chi connectivity index (χ4n) is 2.81. The van der Waals surface area contributed by atoms with Gasteiger partial charge in [0.05, 0.1) is 29.7 Å². The van der Waals surface area contributed by atoms with Crippen LogP contribution in [0.3, 0.4) is 0 Å². The Bertz CT molecular complexity index is 700. The van der Waals surface area contributed by atoms with Gasteiger partial charge < -0.3 is 14.4 Å². The topological polar surface area (TPSA) is 96.7 Å². The van der Waals surface area contributed by atoms with Gasteiger partial charge in [0.15, 0.2) is 6.10 Å². The Balaban J connectivity index is 1.86. The van der Waals surface area contributed by atoms with Crippen LogP contribution in [-0.4, -0.2) is 48.5 Å². The van der Waals surface area contributed by atoms with Crippen LogP contribution in [0.5, 0.6) is 0 Å². The van der Waals surface area contributed by atoms with Gasteiger partial charge in [-0.25, -0.2) is 4.79 Å². The summed E-state index contributed by atoms with van der Waals surface area (Å²) in [5.41, 5.74) is 0.722. The van der Waals surface area contributed by atoms with E-state index < -0.39 is 12.1 Å². The van der Waals surface area contributed by atoms with E-state index in [2.05, 4.69) is 0 Å². The second-order valence-corrected chi connectivity index (χ2v) is 6.09. The van der Waals surface area contributed by atoms with Crippen molar-refractivity contribution in [1.82, 2.24) is 4.90 Å². The Kier molecular flexibility index (Phi) is 6.73. The second-order valence-electron chi connectivity index (χ2n) is 6.09. The maximum Gasteiger partial charge on any atom is 0.338 e. The van der Waals surface area contributed by atoms with Crippen LogP contribution >= 0.6 is 0 Å². The predicted octanol–water partition coefficient (Wildman–Crippen LogP) is 1.91. The van der Waals surface area contributed by atoms with Crippen molar-refractivity contribution < 1.29 is 23.9 Å². The smallest absolute Gasteiger partial charge is 0.338 e. The first-order valence-electron chi connectivity index (χ1n) is 8.62. The number of ether oxygens (including phenoxy) is 2. The molecule has 1 aromatic carbocycles. The maximum atomic E-state index is 12.5. The minimum absolute atomic E-state index is 0.185. The largest absolute Gasteiger partial charge is 0.466 e. The molecule has 2 rings (SSSR count). The van der Waals surface area contributed by atoms with Crippen LogP contribution in [0.25, 0.3) is 0 Å². The van der Waals surface area contributed by atoms with E-state index in [9.17, 15) is 14.4 Å². The van der Waals surface area contributed by atoms with Crippen LogP contribution in [0.15, 0.2) is 24.3 Å². The summed E-state index contributed by atoms with van der Waals surface area (Å²) in [6.45, 7) is 4.50. The minimum atomic E-state index is -0.919. The monoisotopic (exact) mass is 358 g/mol. The molecule has 1 amide bonds. The highest BCUT2D eigenvalue weighted by atomic mass is 16.5. The van der Waals surface area contributed by atoms with Gasteiger partial charge in [0.2, 0.25) is 0 Å². The number of hydrogen-bond acceptors (Lipinski definition) is 6. The molecule has 138 valence electrons. The molecular weight excluding hydrogens is 336 g/mol. The zero-order chi connectivity index (χ0) is 19.1. The number of nitrogens with zero attached hydrogens (tertiary/aromatic N) is 2. The van der Waals surface area contributed by atoms with Crippen LogP contribution in [0, 0.1) is 17.2 Å². The average molecular weight is 358 g/mol. The molecule has 0 spiro atoms. The molecule has 0 aliphatic carbocycles. The standard InChI is InChI=1S/C19H22N2O5/c1-3-25-18(23)16-8-10-21(11-9-16)17(22)13(2)26-19(24)15-6-4-14(12-20)5-7-15/h4-7,13,16H,3,8-11H2,1-2H3/t13-/m0/s1. The van der Waals surface area contributed by atoms with Crippen LogP contribution in [0.1, 0.15) is 42.6 Å². The summed E-state index contributed by atoms with van der Waals surface area (Å²) in [5.74, 6) is -1.30. The first-order valence-corrected chi connectivity index (χ1v) is 8.62. The Labute approximate surface area is 152 Å². The Morgan fingerprint density at radius 1 is 1.23 bits per heavy atom. The van der Waals surface area contributed by atoms with Crippen molar-refractivity contribution in [3.8, 4) is 6.07 Å². The summed E-state index contributed by atoms with van der Waals surface area (Å²) in [4.78, 5) is 37.9. The lowest BCUT2D eigenvalue weighted by molar-refractivity contribution is -0.152. The van der Waals surface area contributed by atoms with Crippen LogP contribution in [0.4, 0.5) is 0 Å². The maximum absolute atomic E-state index is 12.5. The fourth-order valence-corrected chi connectivity index (χ4v) is 2.81. The highest BCUT2D eigenvalue weighted by molar-refractivity contribution is 5.92. The minimum Gasteiger partial charge on any atom is -0.466 e. The van der Waals surface area contributed by atoms with E-state index in [1.54, 1.807) is 11.8 Å². The Morgan fingerprint density at radius 3 is 2.38 bits per heavy atom. The van der Waals surface area contributed by atoms with Crippen molar-refractivity contribution in [3.05, 3.63) is 35.4 Å². The van der Waals surface area contributed by atoms with E-state index in [-0.39, 0.29) is 23.4 Å². The molecular formula is C19H22N2O5. The second kappa shape index (κ2) is 8.99. The summed E-state index contributed by atoms with van der Waals surface area (Å²) >= 11 is 0. The van der Waals surface area contributed by atoms with Crippen LogP contribution in [-0.2, 0) is 19.1 Å². The quantitative estimate of drug-likeness (QED) is 0.746. The summed E-state index contributed by atoms with van der Waals surface area (Å²) in [7, 11) is 0. The lowest BCUT2D eigenvalue weighted by Crippen LogP contribution is -2.45. The molecule has 1 aliphatic heterocycles. The fraction of sp³-hybridized carbons (Fsp3) is 0.474. The van der Waals surface area contributed by atoms with Crippen LogP contribution < -0.4 is 0 Å². The molecule has 0 saturated carbocycles. The zero-order valence-electron chi connectivity index (χ0n) is 14.9. The summed E-state index contributed by atoms with van der Waals surface area (Å²) in [5, 5.41) is 8.77. The van der Waals surface area contributed by atoms with Gasteiger partial charge in [0.25, 0.3) is 5.91 Å². The molecule has 0 aromatic heterocycles. The highest BCUT2D eigenvalue weighted by Gasteiger charge is 2.31. The summed E-state index contributed by atoms with van der Waals surface area (Å²) < 4.78 is 10.2. The molecule has 1 fully saturated rings. The summed E-state index contributed by atoms with van der Waals surface area (Å²) in [6, 6.07) is 7.98. The molecule has 0 bridgehead atoms. The zero-order valence-corrected chi connectivity index (χ0v) is 14.9. The van der Waals surface area contributed by atoms with E-state index in [0.717, 1.165) is 0 Å². The Morgan fingerprint density at radius 2 is 1.85 bits per heavy atom. The average Bonchev–Trinajstić information content (AvgIpc) is 2.67. The number of esters is 2. The number of rotatable bonds is 5. The predicted molar refractivity (Wildman–Crippen MR) is 92.0 cm³/mol. The van der Waals surface area contributed by atoms with Gasteiger partial charge in [-0.2, -0.15) is 5.26 Å². The molecule has 0 radical (unpaired) electrons. The lowest BCUT2D eigenvalue weighted by atomic mass is 9.97. The Hall–Kier alpha value is -2.88. The molecule has 1 atom stereocenters. The number of likely N-dealkylation sites (tertiary alicyclic amines) is 1. The molecule has 7 nitrogen and oxygen atoms in total. The van der Waals surface area contributed by atoms with Crippen molar-refractivity contribution in [2.75, 3.05) is 19.7 Å². The third-order valence-corrected chi connectivity index (χ3v) is 4.31. The highest BCUT2D eigenvalue weighted by Crippen LogP contribution is 2.20. The van der Waals surface area contributed by atoms with Gasteiger partial charge in [-0.15, -0.1) is 0 Å². The molecule has 1 aromatic rings. The van der Waals surface area contributed by atoms with E-state index in [0.29, 0.717) is 38.1 Å². The number of carbonyl (C=O) groups excluding carboxylic acids is 3. The first kappa shape index (κ1) is 19.4. The number of hydrogen-bond donors (Lipinski definition) is 0. The van der Waals surface area contributed by atoms with Gasteiger partial charge in [0.1, 0.15) is 0 Å². The number of nitriles is 1. The van der Waals surface area contributed by atoms with Crippen molar-refractivity contribution in [3.63, 3.8) is 0 Å². The van der Waals surface area contributed by atoms with Gasteiger partial charge in [0, 0.05) is 13.1 Å². The van der Waals surface area contributed by atoms with E-state index >= 15 is 0 Å². The first-order chi connectivity index (χ1) is 12.5. The van der Waals surface area contributed by atoms with Gasteiger partial charge in [-0.1, -0.05) is 0 Å². The molecule has 1 aliphatic rings. The van der Waals surface area contributed by atoms with E-state index in [4.69, 9.17) is 14.7 Å². The van der Waals surface area contributed by atoms with E-state index in [1.807, 2.05) is 6.07 Å². The molecule has 26 heavy (non-hydrogen) atoms. The number of carbonyl (C=O) groups is 3. The van der Waals surface area contributed by atoms with Crippen molar-refractivity contribution in [1.29, 1.82) is 5.26 Å². The molecule has 1 saturated heterocycles. The number of amides is 1. The van der Waals surface area contributed by atoms with Gasteiger partial charge in [-0.05, 0) is 51.0 Å². The van der Waals surface area contributed by atoms with Gasteiger partial charge >= 0.3 is 11.9 Å². The van der Waals surface area contributed by atoms with Crippen LogP contribution in [0.2, 0.25) is 0 Å². The van der Waals surface area contributed by atoms with Crippen molar-refractivity contribution in [2.45, 2.75) is 32.8 Å². The van der Waals surface area contributed by atoms with Crippen molar-refractivity contribution in [2.24, 2.45) is 5.92 Å². The number of piperidine rings is 1. The third-order valence-electron chi connectivity index (χ3n) is 4.31. The SMILES string of the molecule is CCOC(=O)C1CCN(C(=O)[C@H](C)OC(=O)c2ccc(C#N)cc2)CC1. The van der Waals surface area contributed by atoms with Gasteiger partial charge in [-0.3, -0.25) is 9.59 Å². The molecule has 0 unspecified atom stereocenters. The normalized spacial score (nSPS) is 15.7. The third kappa shape index (κ3) is 4.82. The number of benzene rings is 1. The van der Waals surface area contributed by atoms with E-state index in [1.165, 1.54) is 31.2 Å². The summed E-state index contributed by atoms with van der Waals surface area (Å²) in [6.07, 6.45) is 0.166. The molecule has 7 heteroatoms. The molecule has 1 heterocycles. The van der Waals surface area contributed by atoms with Crippen molar-refractivity contribution >= 4 is 17.8 Å². The lowest BCUT2D eigenvalue weighted by Gasteiger charge is -2.32. The molecule has 0 N–H and O–H groups in total.